The van der Waals surface area contributed by atoms with Gasteiger partial charge in [0.15, 0.2) is 39.2 Å². The van der Waals surface area contributed by atoms with Crippen molar-refractivity contribution in [2.75, 3.05) is 63.1 Å². The minimum absolute atomic E-state index is 0.0306. The number of rotatable bonds is 13. The molecular weight excluding hydrogens is 676 g/mol. The summed E-state index contributed by atoms with van der Waals surface area (Å²) in [7, 11) is 2.15. The highest BCUT2D eigenvalue weighted by Crippen LogP contribution is 2.39. The molecule has 2 aliphatic heterocycles. The molecule has 0 aliphatic carbocycles. The summed E-state index contributed by atoms with van der Waals surface area (Å²) in [5.74, 6) is 0.122. The van der Waals surface area contributed by atoms with Crippen LogP contribution in [0.2, 0.25) is 0 Å². The van der Waals surface area contributed by atoms with Crippen LogP contribution in [-0.4, -0.2) is 94.0 Å². The maximum absolute atomic E-state index is 14.9. The lowest BCUT2D eigenvalue weighted by molar-refractivity contribution is 0.0690. The van der Waals surface area contributed by atoms with Crippen molar-refractivity contribution in [2.24, 2.45) is 0 Å². The molecule has 0 amide bonds. The van der Waals surface area contributed by atoms with Gasteiger partial charge in [0.1, 0.15) is 0 Å². The number of benzene rings is 2. The number of aryl methyl sites for hydroxylation is 2. The van der Waals surface area contributed by atoms with E-state index in [1.807, 2.05) is 42.2 Å². The second-order valence-electron chi connectivity index (χ2n) is 12.9. The standard InChI is InChI=1S/C36H41FN8O3S2/c1-23-25-9-6-16-45(33(25)42-41-32(23)40-35-38-27-10-3-4-11-29(27)49-35)36-39-31(34(46)47)30(50-36)12-7-21-48-28-14-13-24(22-26(28)37)8-5-15-44-19-17-43(2)18-20-44/h3-4,10-11,13-14,22H,5-9,12,15-21H2,1-2H3,(H,46,47)(H,38,40,41). The molecule has 1 fully saturated rings. The number of hydrogen-bond acceptors (Lipinski definition) is 12. The van der Waals surface area contributed by atoms with Crippen LogP contribution in [0, 0.1) is 12.7 Å². The number of piperazine rings is 1. The van der Waals surface area contributed by atoms with E-state index >= 15 is 0 Å². The number of hydrogen-bond donors (Lipinski definition) is 2. The van der Waals surface area contributed by atoms with Gasteiger partial charge in [0.2, 0.25) is 0 Å². The van der Waals surface area contributed by atoms with Crippen molar-refractivity contribution >= 4 is 60.8 Å². The van der Waals surface area contributed by atoms with Crippen LogP contribution in [0.1, 0.15) is 51.3 Å². The highest BCUT2D eigenvalue weighted by Gasteiger charge is 2.28. The van der Waals surface area contributed by atoms with E-state index in [2.05, 4.69) is 42.3 Å². The first kappa shape index (κ1) is 34.2. The van der Waals surface area contributed by atoms with E-state index in [-0.39, 0.29) is 23.9 Å². The molecule has 2 aromatic carbocycles. The van der Waals surface area contributed by atoms with Crippen LogP contribution in [0.15, 0.2) is 42.5 Å². The van der Waals surface area contributed by atoms with Crippen molar-refractivity contribution in [1.29, 1.82) is 0 Å². The van der Waals surface area contributed by atoms with Gasteiger partial charge in [-0.2, -0.15) is 0 Å². The summed E-state index contributed by atoms with van der Waals surface area (Å²) in [4.78, 5) is 28.9. The number of nitrogens with zero attached hydrogens (tertiary/aromatic N) is 7. The fraction of sp³-hybridized carbons (Fsp3) is 0.417. The second kappa shape index (κ2) is 15.3. The van der Waals surface area contributed by atoms with E-state index in [1.165, 1.54) is 11.3 Å². The number of nitrogens with one attached hydrogen (secondary N) is 1. The number of fused-ring (bicyclic) bond motifs is 2. The summed E-state index contributed by atoms with van der Waals surface area (Å²) in [6.07, 6.45) is 4.48. The largest absolute Gasteiger partial charge is 0.491 e. The number of carboxylic acids is 1. The topological polar surface area (TPSA) is 120 Å². The van der Waals surface area contributed by atoms with Crippen LogP contribution in [-0.2, 0) is 19.3 Å². The van der Waals surface area contributed by atoms with Crippen LogP contribution in [0.25, 0.3) is 10.2 Å². The number of para-hydroxylation sites is 1. The van der Waals surface area contributed by atoms with Gasteiger partial charge in [-0.1, -0.05) is 29.5 Å². The van der Waals surface area contributed by atoms with Crippen LogP contribution in [0.5, 0.6) is 5.75 Å². The van der Waals surface area contributed by atoms with Crippen molar-refractivity contribution in [2.45, 2.75) is 45.4 Å². The average Bonchev–Trinajstić information content (AvgIpc) is 3.73. The molecule has 14 heteroatoms. The van der Waals surface area contributed by atoms with Gasteiger partial charge < -0.3 is 29.9 Å². The summed E-state index contributed by atoms with van der Waals surface area (Å²) < 4.78 is 21.8. The molecule has 3 aromatic heterocycles. The Morgan fingerprint density at radius 2 is 1.86 bits per heavy atom. The lowest BCUT2D eigenvalue weighted by Gasteiger charge is -2.32. The van der Waals surface area contributed by atoms with Gasteiger partial charge in [0.25, 0.3) is 0 Å². The van der Waals surface area contributed by atoms with E-state index in [4.69, 9.17) is 4.74 Å². The molecule has 5 aromatic rings. The van der Waals surface area contributed by atoms with Crippen molar-refractivity contribution in [1.82, 2.24) is 30.0 Å². The van der Waals surface area contributed by atoms with Gasteiger partial charge in [-0.05, 0) is 88.9 Å². The minimum Gasteiger partial charge on any atom is -0.491 e. The Balaban J connectivity index is 0.960. The summed E-state index contributed by atoms with van der Waals surface area (Å²) in [6, 6.07) is 13.2. The first-order chi connectivity index (χ1) is 24.3. The molecule has 2 aliphatic rings. The molecule has 7 rings (SSSR count). The molecule has 0 bridgehead atoms. The highest BCUT2D eigenvalue weighted by molar-refractivity contribution is 7.22. The molecule has 262 valence electrons. The summed E-state index contributed by atoms with van der Waals surface area (Å²) in [6.45, 7) is 8.32. The molecule has 0 saturated carbocycles. The van der Waals surface area contributed by atoms with Crippen molar-refractivity contribution in [3.8, 4) is 5.75 Å². The molecule has 0 radical (unpaired) electrons. The maximum atomic E-state index is 14.9. The SMILES string of the molecule is Cc1c(Nc2nc3ccccc3s2)nnc2c1CCCN2c1nc(C(=O)O)c(CCCOc2ccc(CCCN3CCN(C)CC3)cc2F)s1. The number of aromatic carboxylic acids is 1. The molecule has 1 saturated heterocycles. The fourth-order valence-corrected chi connectivity index (χ4v) is 8.50. The average molecular weight is 717 g/mol. The van der Waals surface area contributed by atoms with Crippen molar-refractivity contribution < 1.29 is 19.0 Å². The number of anilines is 4. The van der Waals surface area contributed by atoms with Crippen LogP contribution < -0.4 is 15.0 Å². The highest BCUT2D eigenvalue weighted by atomic mass is 32.1. The Kier molecular flexibility index (Phi) is 10.5. The van der Waals surface area contributed by atoms with Gasteiger partial charge in [0, 0.05) is 48.7 Å². The predicted molar refractivity (Wildman–Crippen MR) is 197 cm³/mol. The Labute approximate surface area is 298 Å². The van der Waals surface area contributed by atoms with E-state index in [0.717, 1.165) is 90.4 Å². The number of aromatic nitrogens is 4. The zero-order valence-corrected chi connectivity index (χ0v) is 30.0. The van der Waals surface area contributed by atoms with Gasteiger partial charge in [0.05, 0.1) is 16.8 Å². The lowest BCUT2D eigenvalue weighted by atomic mass is 10.0. The molecule has 2 N–H and O–H groups in total. The lowest BCUT2D eigenvalue weighted by Crippen LogP contribution is -2.44. The zero-order chi connectivity index (χ0) is 34.6. The normalized spacial score (nSPS) is 15.4. The van der Waals surface area contributed by atoms with E-state index in [1.54, 1.807) is 23.5 Å². The molecule has 0 atom stereocenters. The van der Waals surface area contributed by atoms with Gasteiger partial charge in [-0.3, -0.25) is 0 Å². The van der Waals surface area contributed by atoms with Crippen LogP contribution in [0.3, 0.4) is 0 Å². The van der Waals surface area contributed by atoms with Gasteiger partial charge in [-0.15, -0.1) is 21.5 Å². The molecule has 11 nitrogen and oxygen atoms in total. The number of carbonyl (C=O) groups is 1. The van der Waals surface area contributed by atoms with Crippen molar-refractivity contribution in [3.05, 3.63) is 75.5 Å². The Morgan fingerprint density at radius 3 is 2.66 bits per heavy atom. The molecule has 50 heavy (non-hydrogen) atoms. The van der Waals surface area contributed by atoms with Crippen LogP contribution >= 0.6 is 22.7 Å². The Morgan fingerprint density at radius 1 is 1.02 bits per heavy atom. The fourth-order valence-electron chi connectivity index (χ4n) is 6.51. The number of ether oxygens (including phenoxy) is 1. The molecular formula is C36H41FN8O3S2. The predicted octanol–water partition coefficient (Wildman–Crippen LogP) is 6.71. The van der Waals surface area contributed by atoms with E-state index in [0.29, 0.717) is 41.0 Å². The van der Waals surface area contributed by atoms with Crippen LogP contribution in [0.4, 0.5) is 26.3 Å². The van der Waals surface area contributed by atoms with E-state index in [9.17, 15) is 14.3 Å². The zero-order valence-electron chi connectivity index (χ0n) is 28.3. The number of halogens is 1. The van der Waals surface area contributed by atoms with Gasteiger partial charge >= 0.3 is 5.97 Å². The molecule has 0 unspecified atom stereocenters. The third-order valence-electron chi connectivity index (χ3n) is 9.36. The molecule has 0 spiro atoms. The Bertz CT molecular complexity index is 1940. The Hall–Kier alpha value is -4.24. The third-order valence-corrected chi connectivity index (χ3v) is 11.5. The van der Waals surface area contributed by atoms with Crippen molar-refractivity contribution in [3.63, 3.8) is 0 Å². The second-order valence-corrected chi connectivity index (χ2v) is 15.0. The first-order valence-electron chi connectivity index (χ1n) is 17.1. The quantitative estimate of drug-likeness (QED) is 0.127. The first-order valence-corrected chi connectivity index (χ1v) is 18.8. The maximum Gasteiger partial charge on any atom is 0.355 e. The third kappa shape index (κ3) is 7.73. The number of carboxylic acid groups (broad SMARTS) is 1. The monoisotopic (exact) mass is 716 g/mol. The molecule has 5 heterocycles. The summed E-state index contributed by atoms with van der Waals surface area (Å²) in [5, 5.41) is 23.8. The van der Waals surface area contributed by atoms with E-state index < -0.39 is 5.97 Å². The van der Waals surface area contributed by atoms with Gasteiger partial charge in [-0.25, -0.2) is 19.2 Å². The minimum atomic E-state index is -1.08. The summed E-state index contributed by atoms with van der Waals surface area (Å²) in [5.41, 5.74) is 3.96. The summed E-state index contributed by atoms with van der Waals surface area (Å²) >= 11 is 2.91. The number of thiazole rings is 2. The smallest absolute Gasteiger partial charge is 0.355 e. The number of likely N-dealkylation sites (N-methyl/N-ethyl adjacent to an activating group) is 1.